The van der Waals surface area contributed by atoms with Gasteiger partial charge in [-0.1, -0.05) is 22.9 Å². The van der Waals surface area contributed by atoms with Crippen molar-refractivity contribution in [2.75, 3.05) is 26.3 Å². The summed E-state index contributed by atoms with van der Waals surface area (Å²) in [6, 6.07) is 0. The molecular weight excluding hydrogens is 286 g/mol. The molecule has 0 aliphatic carbocycles. The van der Waals surface area contributed by atoms with Crippen LogP contribution in [0.25, 0.3) is 0 Å². The Kier molecular flexibility index (Phi) is 7.38. The number of halogens is 2. The summed E-state index contributed by atoms with van der Waals surface area (Å²) in [4.78, 5) is 0.528. The molecule has 1 unspecified atom stereocenters. The minimum Gasteiger partial charge on any atom is -1.00 e. The van der Waals surface area contributed by atoms with Crippen LogP contribution in [0.4, 0.5) is 0 Å². The number of nitrogens with zero attached hydrogens (tertiary/aromatic N) is 1. The molecule has 2 nitrogen and oxygen atoms in total. The highest BCUT2D eigenvalue weighted by Crippen LogP contribution is 2.01. The van der Waals surface area contributed by atoms with Crippen LogP contribution >= 0.6 is 15.9 Å². The smallest absolute Gasteiger partial charge is 0.165 e. The summed E-state index contributed by atoms with van der Waals surface area (Å²) in [7, 11) is 0. The molecule has 0 amide bonds. The van der Waals surface area contributed by atoms with E-state index in [2.05, 4.69) is 33.6 Å². The molecule has 72 valence electrons. The quantitative estimate of drug-likeness (QED) is 0.436. The number of rotatable bonds is 2. The molecule has 12 heavy (non-hydrogen) atoms. The van der Waals surface area contributed by atoms with Crippen molar-refractivity contribution in [3.8, 4) is 0 Å². The molecule has 0 radical (unpaired) electrons. The van der Waals surface area contributed by atoms with Crippen molar-refractivity contribution < 1.29 is 26.3 Å². The summed E-state index contributed by atoms with van der Waals surface area (Å²) in [5.74, 6) is 0. The largest absolute Gasteiger partial charge is 1.00 e. The van der Waals surface area contributed by atoms with Crippen LogP contribution in [0.3, 0.4) is 0 Å². The van der Waals surface area contributed by atoms with E-state index in [9.17, 15) is 0 Å². The second-order valence-electron chi connectivity index (χ2n) is 2.72. The van der Waals surface area contributed by atoms with Crippen LogP contribution < -0.4 is 17.0 Å². The molecule has 1 aliphatic heterocycles. The highest BCUT2D eigenvalue weighted by atomic mass is 79.9. The Labute approximate surface area is 92.9 Å². The predicted octanol–water partition coefficient (Wildman–Crippen LogP) is -1.72. The zero-order chi connectivity index (χ0) is 8.10. The van der Waals surface area contributed by atoms with Crippen LogP contribution in [-0.2, 0) is 4.74 Å². The molecule has 1 atom stereocenters. The molecule has 1 rings (SSSR count). The third-order valence-corrected chi connectivity index (χ3v) is 2.69. The maximum atomic E-state index is 5.24. The second kappa shape index (κ2) is 7.04. The minimum absolute atomic E-state index is 0. The molecule has 1 heterocycles. The van der Waals surface area contributed by atoms with Gasteiger partial charge in [-0.3, -0.25) is 0 Å². The maximum Gasteiger partial charge on any atom is 0.165 e. The molecule has 0 aromatic heterocycles. The molecule has 0 bridgehead atoms. The molecule has 0 N–H and O–H groups in total. The molecule has 1 fully saturated rings. The number of alkyl halides is 1. The van der Waals surface area contributed by atoms with Gasteiger partial charge in [0.1, 0.15) is 13.2 Å². The molecule has 1 saturated heterocycles. The number of ether oxygens (including phenoxy) is 1. The van der Waals surface area contributed by atoms with Gasteiger partial charge < -0.3 is 21.7 Å². The van der Waals surface area contributed by atoms with Crippen molar-refractivity contribution in [2.24, 2.45) is 0 Å². The molecule has 0 aromatic carbocycles. The zero-order valence-corrected chi connectivity index (χ0v) is 10.5. The molecule has 1 aliphatic rings. The van der Waals surface area contributed by atoms with Gasteiger partial charge in [-0.05, 0) is 6.42 Å². The molecular formula is C8H15Br2NO. The lowest BCUT2D eigenvalue weighted by molar-refractivity contribution is -0.545. The first-order chi connectivity index (χ1) is 5.33. The van der Waals surface area contributed by atoms with E-state index in [1.807, 2.05) is 0 Å². The van der Waals surface area contributed by atoms with Crippen LogP contribution in [0.1, 0.15) is 13.3 Å². The van der Waals surface area contributed by atoms with Gasteiger partial charge in [0.2, 0.25) is 0 Å². The van der Waals surface area contributed by atoms with Crippen LogP contribution in [-0.4, -0.2) is 41.9 Å². The summed E-state index contributed by atoms with van der Waals surface area (Å²) >= 11 is 3.57. The lowest BCUT2D eigenvalue weighted by atomic mass is 10.3. The Balaban J connectivity index is 0.00000121. The average molecular weight is 301 g/mol. The predicted molar refractivity (Wildman–Crippen MR) is 49.9 cm³/mol. The van der Waals surface area contributed by atoms with E-state index < -0.39 is 0 Å². The van der Waals surface area contributed by atoms with Crippen molar-refractivity contribution in [3.05, 3.63) is 0 Å². The molecule has 0 aromatic rings. The van der Waals surface area contributed by atoms with E-state index >= 15 is 0 Å². The average Bonchev–Trinajstić information content (AvgIpc) is 2.06. The maximum absolute atomic E-state index is 5.24. The van der Waals surface area contributed by atoms with E-state index in [0.29, 0.717) is 4.83 Å². The van der Waals surface area contributed by atoms with E-state index in [0.717, 1.165) is 32.7 Å². The SMILES string of the molecule is CCC(Br)C=[N+]1CCOCC1.[Br-]. The van der Waals surface area contributed by atoms with Crippen LogP contribution in [0.2, 0.25) is 0 Å². The van der Waals surface area contributed by atoms with Crippen molar-refractivity contribution in [1.29, 1.82) is 0 Å². The molecule has 4 heteroatoms. The highest BCUT2D eigenvalue weighted by Gasteiger charge is 2.12. The lowest BCUT2D eigenvalue weighted by Crippen LogP contribution is -3.00. The van der Waals surface area contributed by atoms with Crippen LogP contribution in [0.15, 0.2) is 0 Å². The Morgan fingerprint density at radius 3 is 2.58 bits per heavy atom. The first-order valence-corrected chi connectivity index (χ1v) is 5.05. The van der Waals surface area contributed by atoms with Gasteiger partial charge in [0.05, 0.1) is 4.83 Å². The van der Waals surface area contributed by atoms with Crippen LogP contribution in [0.5, 0.6) is 0 Å². The topological polar surface area (TPSA) is 12.2 Å². The van der Waals surface area contributed by atoms with E-state index in [-0.39, 0.29) is 17.0 Å². The Morgan fingerprint density at radius 1 is 1.50 bits per heavy atom. The summed E-state index contributed by atoms with van der Waals surface area (Å²) in [6.07, 6.45) is 3.40. The minimum atomic E-state index is 0. The van der Waals surface area contributed by atoms with Gasteiger partial charge in [0.15, 0.2) is 19.3 Å². The van der Waals surface area contributed by atoms with E-state index in [4.69, 9.17) is 4.74 Å². The molecule has 0 saturated carbocycles. The van der Waals surface area contributed by atoms with E-state index in [1.165, 1.54) is 0 Å². The first-order valence-electron chi connectivity index (χ1n) is 4.13. The van der Waals surface area contributed by atoms with E-state index in [1.54, 1.807) is 0 Å². The second-order valence-corrected chi connectivity index (χ2v) is 3.90. The van der Waals surface area contributed by atoms with Crippen molar-refractivity contribution in [3.63, 3.8) is 0 Å². The van der Waals surface area contributed by atoms with Crippen molar-refractivity contribution in [2.45, 2.75) is 18.2 Å². The third-order valence-electron chi connectivity index (χ3n) is 1.81. The van der Waals surface area contributed by atoms with Crippen molar-refractivity contribution in [1.82, 2.24) is 0 Å². The third kappa shape index (κ3) is 4.58. The Morgan fingerprint density at radius 2 is 2.08 bits per heavy atom. The highest BCUT2D eigenvalue weighted by molar-refractivity contribution is 9.09. The summed E-state index contributed by atoms with van der Waals surface area (Å²) in [5, 5.41) is 0. The van der Waals surface area contributed by atoms with Gasteiger partial charge in [-0.15, -0.1) is 0 Å². The number of morpholine rings is 1. The van der Waals surface area contributed by atoms with Gasteiger partial charge in [0, 0.05) is 0 Å². The standard InChI is InChI=1S/C8H15BrNO.BrH/c1-2-8(9)7-10-3-5-11-6-4-10;/h7-8H,2-6H2,1H3;1H/q+1;/p-1. The van der Waals surface area contributed by atoms with Crippen molar-refractivity contribution >= 4 is 22.1 Å². The van der Waals surface area contributed by atoms with Gasteiger partial charge in [-0.2, -0.15) is 0 Å². The summed E-state index contributed by atoms with van der Waals surface area (Å²) in [5.41, 5.74) is 0. The monoisotopic (exact) mass is 299 g/mol. The molecule has 0 spiro atoms. The van der Waals surface area contributed by atoms with Gasteiger partial charge >= 0.3 is 0 Å². The number of hydrogen-bond acceptors (Lipinski definition) is 1. The Bertz CT molecular complexity index is 142. The summed E-state index contributed by atoms with van der Waals surface area (Å²) < 4.78 is 7.56. The van der Waals surface area contributed by atoms with Gasteiger partial charge in [-0.25, -0.2) is 4.58 Å². The lowest BCUT2D eigenvalue weighted by Gasteiger charge is -2.11. The Hall–Kier alpha value is 0.590. The fourth-order valence-electron chi connectivity index (χ4n) is 1.06. The normalized spacial score (nSPS) is 19.7. The van der Waals surface area contributed by atoms with Gasteiger partial charge in [0.25, 0.3) is 0 Å². The summed E-state index contributed by atoms with van der Waals surface area (Å²) in [6.45, 7) is 6.01. The van der Waals surface area contributed by atoms with Crippen LogP contribution in [0, 0.1) is 0 Å². The zero-order valence-electron chi connectivity index (χ0n) is 7.30. The first kappa shape index (κ1) is 12.6. The fraction of sp³-hybridized carbons (Fsp3) is 0.875. The number of hydrogen-bond donors (Lipinski definition) is 0. The fourth-order valence-corrected chi connectivity index (χ4v) is 1.40.